The Morgan fingerprint density at radius 1 is 1.24 bits per heavy atom. The van der Waals surface area contributed by atoms with E-state index in [1.165, 1.54) is 24.3 Å². The number of nitrogens with two attached hydrogens (primary N) is 1. The molecule has 6 nitrogen and oxygen atoms in total. The van der Waals surface area contributed by atoms with Gasteiger partial charge in [0.25, 0.3) is 11.8 Å². The van der Waals surface area contributed by atoms with Gasteiger partial charge in [-0.05, 0) is 0 Å². The van der Waals surface area contributed by atoms with Gasteiger partial charge in [0, 0.05) is 12.5 Å². The quantitative estimate of drug-likeness (QED) is 0.586. The summed E-state index contributed by atoms with van der Waals surface area (Å²) in [4.78, 5) is 33.6. The molecule has 17 heavy (non-hydrogen) atoms. The molecule has 0 spiro atoms. The largest absolute Gasteiger partial charge is 0.368 e. The van der Waals surface area contributed by atoms with Crippen LogP contribution in [-0.2, 0) is 20.0 Å². The minimum atomic E-state index is -2.55. The van der Waals surface area contributed by atoms with Crippen molar-refractivity contribution in [3.05, 3.63) is 35.9 Å². The number of primary amides is 1. The van der Waals surface area contributed by atoms with Crippen LogP contribution in [0.1, 0.15) is 12.5 Å². The topological polar surface area (TPSA) is 109 Å². The lowest BCUT2D eigenvalue weighted by Gasteiger charge is -2.22. The highest BCUT2D eigenvalue weighted by Crippen LogP contribution is 2.20. The van der Waals surface area contributed by atoms with Crippen molar-refractivity contribution in [2.24, 2.45) is 5.73 Å². The zero-order chi connectivity index (χ0) is 13.1. The van der Waals surface area contributed by atoms with E-state index in [0.717, 1.165) is 6.92 Å². The van der Waals surface area contributed by atoms with Crippen molar-refractivity contribution in [3.8, 4) is 0 Å². The Labute approximate surface area is 97.4 Å². The SMILES string of the molecule is CC(=O)NC(=O)C(O)(C(N)=O)c1ccccc1. The molecular formula is C11H12N2O4. The standard InChI is InChI=1S/C11H12N2O4/c1-7(14)13-10(16)11(17,9(12)15)8-5-3-2-4-6-8/h2-6,17H,1H3,(H2,12,15)(H,13,14,16). The zero-order valence-electron chi connectivity index (χ0n) is 9.14. The lowest BCUT2D eigenvalue weighted by atomic mass is 9.92. The molecule has 0 fully saturated rings. The van der Waals surface area contributed by atoms with E-state index >= 15 is 0 Å². The van der Waals surface area contributed by atoms with E-state index < -0.39 is 23.3 Å². The number of nitrogens with one attached hydrogen (secondary N) is 1. The number of hydrogen-bond acceptors (Lipinski definition) is 4. The van der Waals surface area contributed by atoms with Gasteiger partial charge < -0.3 is 10.8 Å². The number of amides is 3. The minimum Gasteiger partial charge on any atom is -0.368 e. The van der Waals surface area contributed by atoms with Gasteiger partial charge in [-0.15, -0.1) is 0 Å². The Hall–Kier alpha value is -2.21. The van der Waals surface area contributed by atoms with Gasteiger partial charge in [-0.1, -0.05) is 30.3 Å². The van der Waals surface area contributed by atoms with E-state index in [1.54, 1.807) is 6.07 Å². The van der Waals surface area contributed by atoms with Crippen LogP contribution < -0.4 is 11.1 Å². The average Bonchev–Trinajstić information content (AvgIpc) is 2.27. The number of hydrogen-bond donors (Lipinski definition) is 3. The van der Waals surface area contributed by atoms with Crippen LogP contribution in [0.4, 0.5) is 0 Å². The highest BCUT2D eigenvalue weighted by atomic mass is 16.3. The summed E-state index contributed by atoms with van der Waals surface area (Å²) in [6.07, 6.45) is 0. The van der Waals surface area contributed by atoms with E-state index in [4.69, 9.17) is 5.73 Å². The third-order valence-electron chi connectivity index (χ3n) is 2.17. The summed E-state index contributed by atoms with van der Waals surface area (Å²) in [6, 6.07) is 7.44. The summed E-state index contributed by atoms with van der Waals surface area (Å²) < 4.78 is 0. The first kappa shape index (κ1) is 12.9. The van der Waals surface area contributed by atoms with Gasteiger partial charge >= 0.3 is 0 Å². The highest BCUT2D eigenvalue weighted by molar-refractivity contribution is 6.12. The van der Waals surface area contributed by atoms with Crippen LogP contribution in [0.25, 0.3) is 0 Å². The molecule has 3 amide bonds. The van der Waals surface area contributed by atoms with Crippen LogP contribution in [0.3, 0.4) is 0 Å². The normalized spacial score (nSPS) is 13.5. The summed E-state index contributed by atoms with van der Waals surface area (Å²) in [5.41, 5.74) is 2.48. The van der Waals surface area contributed by atoms with Gasteiger partial charge in [0.15, 0.2) is 0 Å². The molecule has 1 aromatic carbocycles. The van der Waals surface area contributed by atoms with Crippen LogP contribution in [0.5, 0.6) is 0 Å². The van der Waals surface area contributed by atoms with Gasteiger partial charge in [-0.25, -0.2) is 0 Å². The number of carbonyl (C=O) groups excluding carboxylic acids is 3. The Kier molecular flexibility index (Phi) is 3.59. The molecule has 1 unspecified atom stereocenters. The number of rotatable bonds is 3. The molecule has 0 aliphatic rings. The molecule has 0 bridgehead atoms. The maximum Gasteiger partial charge on any atom is 0.273 e. The lowest BCUT2D eigenvalue weighted by molar-refractivity contribution is -0.154. The number of benzene rings is 1. The fourth-order valence-corrected chi connectivity index (χ4v) is 1.31. The first-order chi connectivity index (χ1) is 7.89. The van der Waals surface area contributed by atoms with Crippen molar-refractivity contribution in [3.63, 3.8) is 0 Å². The smallest absolute Gasteiger partial charge is 0.273 e. The fraction of sp³-hybridized carbons (Fsp3) is 0.182. The van der Waals surface area contributed by atoms with Crippen molar-refractivity contribution in [2.45, 2.75) is 12.5 Å². The van der Waals surface area contributed by atoms with Gasteiger partial charge in [-0.2, -0.15) is 0 Å². The molecule has 1 rings (SSSR count). The molecule has 0 heterocycles. The van der Waals surface area contributed by atoms with Gasteiger partial charge in [-0.3, -0.25) is 19.7 Å². The van der Waals surface area contributed by atoms with Crippen molar-refractivity contribution < 1.29 is 19.5 Å². The molecule has 0 aliphatic carbocycles. The molecule has 0 saturated carbocycles. The number of aliphatic hydroxyl groups is 1. The van der Waals surface area contributed by atoms with Crippen molar-refractivity contribution in [2.75, 3.05) is 0 Å². The van der Waals surface area contributed by atoms with Gasteiger partial charge in [0.1, 0.15) is 0 Å². The maximum absolute atomic E-state index is 11.6. The molecule has 4 N–H and O–H groups in total. The Morgan fingerprint density at radius 3 is 2.18 bits per heavy atom. The summed E-state index contributed by atoms with van der Waals surface area (Å²) >= 11 is 0. The lowest BCUT2D eigenvalue weighted by Crippen LogP contribution is -2.54. The Bertz CT molecular complexity index is 458. The monoisotopic (exact) mass is 236 g/mol. The first-order valence-corrected chi connectivity index (χ1v) is 4.79. The molecular weight excluding hydrogens is 224 g/mol. The second kappa shape index (κ2) is 4.75. The van der Waals surface area contributed by atoms with E-state index in [9.17, 15) is 19.5 Å². The van der Waals surface area contributed by atoms with Crippen LogP contribution >= 0.6 is 0 Å². The molecule has 0 aromatic heterocycles. The average molecular weight is 236 g/mol. The van der Waals surface area contributed by atoms with Crippen molar-refractivity contribution in [1.29, 1.82) is 0 Å². The van der Waals surface area contributed by atoms with E-state index in [2.05, 4.69) is 0 Å². The fourth-order valence-electron chi connectivity index (χ4n) is 1.31. The number of imide groups is 1. The summed E-state index contributed by atoms with van der Waals surface area (Å²) in [6.45, 7) is 1.09. The molecule has 0 radical (unpaired) electrons. The van der Waals surface area contributed by atoms with E-state index in [1.807, 2.05) is 5.32 Å². The minimum absolute atomic E-state index is 0.00579. The highest BCUT2D eigenvalue weighted by Gasteiger charge is 2.44. The molecule has 6 heteroatoms. The molecule has 1 aromatic rings. The van der Waals surface area contributed by atoms with Crippen LogP contribution in [-0.4, -0.2) is 22.8 Å². The van der Waals surface area contributed by atoms with E-state index in [-0.39, 0.29) is 5.56 Å². The molecule has 90 valence electrons. The van der Waals surface area contributed by atoms with Crippen LogP contribution in [0.15, 0.2) is 30.3 Å². The Balaban J connectivity index is 3.20. The van der Waals surface area contributed by atoms with Crippen LogP contribution in [0, 0.1) is 0 Å². The molecule has 0 saturated heterocycles. The Morgan fingerprint density at radius 2 is 1.76 bits per heavy atom. The molecule has 1 atom stereocenters. The first-order valence-electron chi connectivity index (χ1n) is 4.79. The zero-order valence-corrected chi connectivity index (χ0v) is 9.14. The van der Waals surface area contributed by atoms with Crippen LogP contribution in [0.2, 0.25) is 0 Å². The van der Waals surface area contributed by atoms with Crippen molar-refractivity contribution in [1.82, 2.24) is 5.32 Å². The second-order valence-corrected chi connectivity index (χ2v) is 3.45. The predicted molar refractivity (Wildman–Crippen MR) is 58.4 cm³/mol. The molecule has 0 aliphatic heterocycles. The predicted octanol–water partition coefficient (Wildman–Crippen LogP) is -0.978. The van der Waals surface area contributed by atoms with Gasteiger partial charge in [0.05, 0.1) is 0 Å². The summed E-state index contributed by atoms with van der Waals surface area (Å²) in [5.74, 6) is -3.10. The third kappa shape index (κ3) is 2.48. The third-order valence-corrected chi connectivity index (χ3v) is 2.17. The summed E-state index contributed by atoms with van der Waals surface area (Å²) in [5, 5.41) is 11.9. The maximum atomic E-state index is 11.6. The van der Waals surface area contributed by atoms with Crippen molar-refractivity contribution >= 4 is 17.7 Å². The van der Waals surface area contributed by atoms with Gasteiger partial charge in [0.2, 0.25) is 11.5 Å². The summed E-state index contributed by atoms with van der Waals surface area (Å²) in [7, 11) is 0. The number of carbonyl (C=O) groups is 3. The second-order valence-electron chi connectivity index (χ2n) is 3.45. The van der Waals surface area contributed by atoms with E-state index in [0.29, 0.717) is 0 Å².